The number of fused-ring (bicyclic) bond motifs is 1. The zero-order chi connectivity index (χ0) is 13.5. The number of aliphatic hydroxyl groups is 1. The summed E-state index contributed by atoms with van der Waals surface area (Å²) in [5.41, 5.74) is 3.08. The molecule has 0 unspecified atom stereocenters. The first-order valence-electron chi connectivity index (χ1n) is 7.63. The molecule has 19 heavy (non-hydrogen) atoms. The van der Waals surface area contributed by atoms with E-state index in [1.165, 1.54) is 42.5 Å². The average Bonchev–Trinajstić information content (AvgIpc) is 2.38. The molecule has 2 aliphatic heterocycles. The molecule has 0 saturated carbocycles. The van der Waals surface area contributed by atoms with E-state index >= 15 is 0 Å². The van der Waals surface area contributed by atoms with E-state index in [1.807, 2.05) is 0 Å². The van der Waals surface area contributed by atoms with Crippen LogP contribution in [0.3, 0.4) is 0 Å². The van der Waals surface area contributed by atoms with Crippen LogP contribution in [0.2, 0.25) is 0 Å². The topological polar surface area (TPSA) is 23.5 Å². The van der Waals surface area contributed by atoms with Gasteiger partial charge in [-0.3, -0.25) is 0 Å². The third kappa shape index (κ3) is 2.32. The van der Waals surface area contributed by atoms with Crippen LogP contribution in [0.4, 0.5) is 0 Å². The normalized spacial score (nSPS) is 32.1. The summed E-state index contributed by atoms with van der Waals surface area (Å²) in [4.78, 5) is 2.59. The minimum Gasteiger partial charge on any atom is -0.385 e. The quantitative estimate of drug-likeness (QED) is 0.837. The maximum absolute atomic E-state index is 11.2. The van der Waals surface area contributed by atoms with Crippen molar-refractivity contribution in [1.82, 2.24) is 4.90 Å². The van der Waals surface area contributed by atoms with Crippen LogP contribution in [-0.2, 0) is 5.60 Å². The summed E-state index contributed by atoms with van der Waals surface area (Å²) >= 11 is 0. The number of hydrogen-bond acceptors (Lipinski definition) is 2. The molecule has 1 N–H and O–H groups in total. The minimum atomic E-state index is -0.603. The van der Waals surface area contributed by atoms with Crippen LogP contribution >= 0.6 is 0 Å². The van der Waals surface area contributed by atoms with Gasteiger partial charge in [-0.1, -0.05) is 24.6 Å². The van der Waals surface area contributed by atoms with Gasteiger partial charge in [-0.15, -0.1) is 0 Å². The predicted octanol–water partition coefficient (Wildman–Crippen LogP) is 3.14. The molecule has 1 aromatic carbocycles. The Bertz CT molecular complexity index is 450. The smallest absolute Gasteiger partial charge is 0.0928 e. The molecule has 0 aromatic heterocycles. The van der Waals surface area contributed by atoms with Gasteiger partial charge in [-0.2, -0.15) is 0 Å². The molecule has 2 fully saturated rings. The lowest BCUT2D eigenvalue weighted by Gasteiger charge is -2.47. The van der Waals surface area contributed by atoms with Crippen molar-refractivity contribution >= 4 is 0 Å². The third-order valence-corrected chi connectivity index (χ3v) is 5.08. The van der Waals surface area contributed by atoms with Crippen LogP contribution < -0.4 is 0 Å². The molecule has 2 nitrogen and oxygen atoms in total. The van der Waals surface area contributed by atoms with Gasteiger partial charge in [0.05, 0.1) is 5.60 Å². The Hall–Kier alpha value is -0.860. The average molecular weight is 259 g/mol. The summed E-state index contributed by atoms with van der Waals surface area (Å²) in [7, 11) is 0. The van der Waals surface area contributed by atoms with Crippen molar-refractivity contribution < 1.29 is 5.11 Å². The summed E-state index contributed by atoms with van der Waals surface area (Å²) in [5.74, 6) is 0. The first kappa shape index (κ1) is 13.1. The zero-order valence-electron chi connectivity index (χ0n) is 12.2. The summed E-state index contributed by atoms with van der Waals surface area (Å²) < 4.78 is 0. The van der Waals surface area contributed by atoms with Crippen LogP contribution in [0.1, 0.15) is 48.8 Å². The highest BCUT2D eigenvalue weighted by Crippen LogP contribution is 2.41. The highest BCUT2D eigenvalue weighted by molar-refractivity contribution is 5.38. The molecule has 0 bridgehead atoms. The van der Waals surface area contributed by atoms with Crippen molar-refractivity contribution in [3.8, 4) is 0 Å². The third-order valence-electron chi connectivity index (χ3n) is 5.08. The van der Waals surface area contributed by atoms with Crippen molar-refractivity contribution in [2.24, 2.45) is 0 Å². The molecule has 0 radical (unpaired) electrons. The first-order valence-corrected chi connectivity index (χ1v) is 7.63. The minimum absolute atomic E-state index is 0.589. The number of hydrogen-bond donors (Lipinski definition) is 1. The van der Waals surface area contributed by atoms with E-state index in [4.69, 9.17) is 0 Å². The fourth-order valence-corrected chi connectivity index (χ4v) is 4.18. The van der Waals surface area contributed by atoms with Gasteiger partial charge in [0.25, 0.3) is 0 Å². The molecule has 2 aliphatic rings. The molecular weight excluding hydrogens is 234 g/mol. The van der Waals surface area contributed by atoms with Crippen molar-refractivity contribution in [2.45, 2.75) is 57.6 Å². The van der Waals surface area contributed by atoms with Gasteiger partial charge in [-0.05, 0) is 62.8 Å². The fourth-order valence-electron chi connectivity index (χ4n) is 4.18. The molecule has 2 saturated heterocycles. The number of nitrogens with zero attached hydrogens (tertiary/aromatic N) is 1. The molecule has 3 rings (SSSR count). The van der Waals surface area contributed by atoms with Crippen molar-refractivity contribution in [3.63, 3.8) is 0 Å². The molecule has 104 valence electrons. The van der Waals surface area contributed by atoms with Gasteiger partial charge in [0.15, 0.2) is 0 Å². The van der Waals surface area contributed by atoms with Crippen LogP contribution in [-0.4, -0.2) is 29.1 Å². The lowest BCUT2D eigenvalue weighted by Crippen LogP contribution is -2.51. The Morgan fingerprint density at radius 2 is 1.89 bits per heavy atom. The standard InChI is InChI=1S/C17H25NO/c1-13-6-5-7-14(2)16(13)17(19)9-11-18-10-4-3-8-15(18)12-17/h5-7,15,19H,3-4,8-12H2,1-2H3/t15-,17+/m1/s1. The second kappa shape index (κ2) is 4.92. The van der Waals surface area contributed by atoms with Gasteiger partial charge in [0.2, 0.25) is 0 Å². The number of aryl methyl sites for hydroxylation is 2. The number of rotatable bonds is 1. The predicted molar refractivity (Wildman–Crippen MR) is 78.3 cm³/mol. The number of benzene rings is 1. The lowest BCUT2D eigenvalue weighted by atomic mass is 9.75. The molecule has 2 heteroatoms. The Labute approximate surface area is 116 Å². The molecule has 0 spiro atoms. The van der Waals surface area contributed by atoms with E-state index in [-0.39, 0.29) is 0 Å². The summed E-state index contributed by atoms with van der Waals surface area (Å²) in [6.45, 7) is 6.55. The van der Waals surface area contributed by atoms with E-state index in [1.54, 1.807) is 0 Å². The molecule has 1 aromatic rings. The monoisotopic (exact) mass is 259 g/mol. The van der Waals surface area contributed by atoms with E-state index in [0.29, 0.717) is 6.04 Å². The van der Waals surface area contributed by atoms with E-state index in [2.05, 4.69) is 36.9 Å². The maximum atomic E-state index is 11.2. The Morgan fingerprint density at radius 3 is 2.63 bits per heavy atom. The largest absolute Gasteiger partial charge is 0.385 e. The maximum Gasteiger partial charge on any atom is 0.0928 e. The van der Waals surface area contributed by atoms with Crippen molar-refractivity contribution in [2.75, 3.05) is 13.1 Å². The van der Waals surface area contributed by atoms with Gasteiger partial charge >= 0.3 is 0 Å². The lowest BCUT2D eigenvalue weighted by molar-refractivity contribution is -0.0618. The van der Waals surface area contributed by atoms with Crippen LogP contribution in [0.25, 0.3) is 0 Å². The van der Waals surface area contributed by atoms with Gasteiger partial charge in [-0.25, -0.2) is 0 Å². The highest BCUT2D eigenvalue weighted by Gasteiger charge is 2.41. The number of piperidine rings is 2. The second-order valence-corrected chi connectivity index (χ2v) is 6.44. The first-order chi connectivity index (χ1) is 9.10. The second-order valence-electron chi connectivity index (χ2n) is 6.44. The molecule has 2 heterocycles. The van der Waals surface area contributed by atoms with Crippen molar-refractivity contribution in [1.29, 1.82) is 0 Å². The van der Waals surface area contributed by atoms with Gasteiger partial charge in [0, 0.05) is 12.6 Å². The van der Waals surface area contributed by atoms with Crippen LogP contribution in [0.5, 0.6) is 0 Å². The Morgan fingerprint density at radius 1 is 1.16 bits per heavy atom. The van der Waals surface area contributed by atoms with Crippen molar-refractivity contribution in [3.05, 3.63) is 34.9 Å². The van der Waals surface area contributed by atoms with Gasteiger partial charge < -0.3 is 10.0 Å². The fraction of sp³-hybridized carbons (Fsp3) is 0.647. The molecule has 2 atom stereocenters. The molecule has 0 amide bonds. The molecule has 0 aliphatic carbocycles. The van der Waals surface area contributed by atoms with Gasteiger partial charge in [0.1, 0.15) is 0 Å². The Kier molecular flexibility index (Phi) is 3.40. The Balaban J connectivity index is 1.91. The summed E-state index contributed by atoms with van der Waals surface area (Å²) in [6.07, 6.45) is 5.71. The van der Waals surface area contributed by atoms with E-state index in [0.717, 1.165) is 19.4 Å². The van der Waals surface area contributed by atoms with E-state index in [9.17, 15) is 5.11 Å². The summed E-state index contributed by atoms with van der Waals surface area (Å²) in [5, 5.41) is 11.2. The van der Waals surface area contributed by atoms with Crippen LogP contribution in [0, 0.1) is 13.8 Å². The SMILES string of the molecule is Cc1cccc(C)c1[C@]1(O)CCN2CCCC[C@@H]2C1. The van der Waals surface area contributed by atoms with E-state index < -0.39 is 5.60 Å². The van der Waals surface area contributed by atoms with Crippen LogP contribution in [0.15, 0.2) is 18.2 Å². The zero-order valence-corrected chi connectivity index (χ0v) is 12.2. The summed E-state index contributed by atoms with van der Waals surface area (Å²) in [6, 6.07) is 6.94. The highest BCUT2D eigenvalue weighted by atomic mass is 16.3. The molecular formula is C17H25NO.